The molecule has 0 spiro atoms. The number of hydrogen-bond acceptors (Lipinski definition) is 3. The number of para-hydroxylation sites is 1. The smallest absolute Gasteiger partial charge is 0.222 e. The first-order valence-corrected chi connectivity index (χ1v) is 7.53. The van der Waals surface area contributed by atoms with Gasteiger partial charge in [0.1, 0.15) is 12.4 Å². The lowest BCUT2D eigenvalue weighted by Gasteiger charge is -2.26. The lowest BCUT2D eigenvalue weighted by Crippen LogP contribution is -2.43. The first-order chi connectivity index (χ1) is 10.7. The van der Waals surface area contributed by atoms with Crippen molar-refractivity contribution in [3.8, 4) is 5.75 Å². The highest BCUT2D eigenvalue weighted by Gasteiger charge is 2.22. The van der Waals surface area contributed by atoms with Crippen LogP contribution in [0.4, 0.5) is 0 Å². The van der Waals surface area contributed by atoms with Crippen molar-refractivity contribution in [2.75, 3.05) is 6.61 Å². The number of fused-ring (bicyclic) bond motifs is 1. The third-order valence-corrected chi connectivity index (χ3v) is 3.88. The maximum atomic E-state index is 12.2. The molecule has 2 aromatic carbocycles. The topological polar surface area (TPSA) is 64.4 Å². The van der Waals surface area contributed by atoms with Crippen molar-refractivity contribution in [3.63, 3.8) is 0 Å². The van der Waals surface area contributed by atoms with E-state index >= 15 is 0 Å². The molecule has 1 aliphatic heterocycles. The van der Waals surface area contributed by atoms with Gasteiger partial charge in [-0.1, -0.05) is 48.5 Å². The van der Waals surface area contributed by atoms with E-state index < -0.39 is 0 Å². The van der Waals surface area contributed by atoms with Crippen molar-refractivity contribution in [1.82, 2.24) is 5.32 Å². The summed E-state index contributed by atoms with van der Waals surface area (Å²) >= 11 is 0. The lowest BCUT2D eigenvalue weighted by atomic mass is 10.0. The number of nitrogens with one attached hydrogen (secondary N) is 1. The minimum absolute atomic E-state index is 0. The summed E-state index contributed by atoms with van der Waals surface area (Å²) in [7, 11) is 0. The molecule has 3 N–H and O–H groups in total. The predicted molar refractivity (Wildman–Crippen MR) is 92.8 cm³/mol. The fourth-order valence-electron chi connectivity index (χ4n) is 2.73. The van der Waals surface area contributed by atoms with Crippen LogP contribution in [0.3, 0.4) is 0 Å². The molecule has 1 heterocycles. The molecule has 0 aromatic heterocycles. The van der Waals surface area contributed by atoms with Crippen LogP contribution in [0.15, 0.2) is 54.6 Å². The van der Waals surface area contributed by atoms with Crippen LogP contribution >= 0.6 is 12.4 Å². The average molecular weight is 333 g/mol. The minimum atomic E-state index is -0.280. The lowest BCUT2D eigenvalue weighted by molar-refractivity contribution is -0.122. The molecule has 122 valence electrons. The normalized spacial score (nSPS) is 17.2. The number of nitrogens with two attached hydrogens (primary N) is 1. The molecule has 2 aromatic rings. The van der Waals surface area contributed by atoms with Crippen molar-refractivity contribution < 1.29 is 9.53 Å². The zero-order chi connectivity index (χ0) is 15.4. The number of amides is 1. The second-order valence-corrected chi connectivity index (χ2v) is 5.61. The summed E-state index contributed by atoms with van der Waals surface area (Å²) < 4.78 is 5.68. The summed E-state index contributed by atoms with van der Waals surface area (Å²) in [6.07, 6.45) is 1.07. The predicted octanol–water partition coefficient (Wildman–Crippen LogP) is 2.62. The Morgan fingerprint density at radius 3 is 2.65 bits per heavy atom. The van der Waals surface area contributed by atoms with E-state index in [9.17, 15) is 4.79 Å². The van der Waals surface area contributed by atoms with E-state index in [0.29, 0.717) is 6.61 Å². The summed E-state index contributed by atoms with van der Waals surface area (Å²) in [5, 5.41) is 3.02. The van der Waals surface area contributed by atoms with Gasteiger partial charge in [0.15, 0.2) is 0 Å². The Balaban J connectivity index is 0.00000192. The van der Waals surface area contributed by atoms with Crippen molar-refractivity contribution in [1.29, 1.82) is 0 Å². The van der Waals surface area contributed by atoms with Crippen LogP contribution in [0.1, 0.15) is 23.6 Å². The number of carbonyl (C=O) groups is 1. The number of ether oxygens (including phenoxy) is 1. The maximum absolute atomic E-state index is 12.2. The van der Waals surface area contributed by atoms with E-state index in [0.717, 1.165) is 23.3 Å². The Bertz CT molecular complexity index is 648. The molecule has 23 heavy (non-hydrogen) atoms. The third-order valence-electron chi connectivity index (χ3n) is 3.88. The molecular weight excluding hydrogens is 312 g/mol. The van der Waals surface area contributed by atoms with Crippen molar-refractivity contribution in [2.24, 2.45) is 5.73 Å². The molecule has 0 bridgehead atoms. The number of benzene rings is 2. The van der Waals surface area contributed by atoms with E-state index in [1.54, 1.807) is 0 Å². The molecule has 1 aliphatic rings. The Hall–Kier alpha value is -2.04. The molecule has 1 amide bonds. The van der Waals surface area contributed by atoms with Crippen molar-refractivity contribution >= 4 is 18.3 Å². The second-order valence-electron chi connectivity index (χ2n) is 5.61. The molecular formula is C18H21ClN2O2. The fraction of sp³-hybridized carbons (Fsp3) is 0.278. The molecule has 0 fully saturated rings. The van der Waals surface area contributed by atoms with Crippen LogP contribution in [0.5, 0.6) is 5.75 Å². The van der Waals surface area contributed by atoms with Gasteiger partial charge >= 0.3 is 0 Å². The zero-order valence-corrected chi connectivity index (χ0v) is 13.6. The molecule has 4 nitrogen and oxygen atoms in total. The van der Waals surface area contributed by atoms with Gasteiger partial charge in [0.2, 0.25) is 5.91 Å². The Morgan fingerprint density at radius 1 is 1.17 bits per heavy atom. The van der Waals surface area contributed by atoms with Crippen LogP contribution in [-0.4, -0.2) is 18.6 Å². The summed E-state index contributed by atoms with van der Waals surface area (Å²) in [5.41, 5.74) is 8.19. The van der Waals surface area contributed by atoms with E-state index in [1.165, 1.54) is 0 Å². The van der Waals surface area contributed by atoms with Crippen LogP contribution in [0, 0.1) is 0 Å². The molecule has 5 heteroatoms. The first-order valence-electron chi connectivity index (χ1n) is 7.53. The van der Waals surface area contributed by atoms with Crippen molar-refractivity contribution in [3.05, 3.63) is 65.7 Å². The molecule has 0 saturated carbocycles. The molecule has 0 radical (unpaired) electrons. The summed E-state index contributed by atoms with van der Waals surface area (Å²) in [6.45, 7) is 0.503. The third kappa shape index (κ3) is 4.47. The van der Waals surface area contributed by atoms with Crippen LogP contribution < -0.4 is 15.8 Å². The summed E-state index contributed by atoms with van der Waals surface area (Å²) in [4.78, 5) is 12.2. The van der Waals surface area contributed by atoms with Crippen molar-refractivity contribution in [2.45, 2.75) is 24.9 Å². The van der Waals surface area contributed by atoms with Crippen LogP contribution in [0.2, 0.25) is 0 Å². The molecule has 2 unspecified atom stereocenters. The second kappa shape index (κ2) is 7.99. The van der Waals surface area contributed by atoms with Gasteiger partial charge in [-0.05, 0) is 23.6 Å². The molecule has 0 saturated heterocycles. The molecule has 0 aliphatic carbocycles. The summed E-state index contributed by atoms with van der Waals surface area (Å²) in [5.74, 6) is 0.873. The number of rotatable bonds is 4. The minimum Gasteiger partial charge on any atom is -0.491 e. The van der Waals surface area contributed by atoms with E-state index in [1.807, 2.05) is 54.6 Å². The maximum Gasteiger partial charge on any atom is 0.222 e. The Labute approximate surface area is 142 Å². The number of carbonyl (C=O) groups excluding carboxylic acids is 1. The highest BCUT2D eigenvalue weighted by atomic mass is 35.5. The van der Waals surface area contributed by atoms with E-state index in [4.69, 9.17) is 10.5 Å². The molecule has 2 atom stereocenters. The first kappa shape index (κ1) is 17.3. The molecule has 3 rings (SSSR count). The zero-order valence-electron chi connectivity index (χ0n) is 12.8. The highest BCUT2D eigenvalue weighted by molar-refractivity contribution is 5.85. The van der Waals surface area contributed by atoms with E-state index in [2.05, 4.69) is 5.32 Å². The van der Waals surface area contributed by atoms with Gasteiger partial charge in [-0.25, -0.2) is 0 Å². The fourth-order valence-corrected chi connectivity index (χ4v) is 2.73. The van der Waals surface area contributed by atoms with E-state index in [-0.39, 0.29) is 36.8 Å². The standard InChI is InChI=1S/C18H20N2O2.ClH/c19-16(13-6-2-1-3-7-13)11-18(21)20-15-10-14-8-4-5-9-17(14)22-12-15;/h1-9,15-16H,10-12,19H2,(H,20,21);1H. The van der Waals surface area contributed by atoms with Gasteiger partial charge in [-0.15, -0.1) is 12.4 Å². The number of halogens is 1. The highest BCUT2D eigenvalue weighted by Crippen LogP contribution is 2.24. The average Bonchev–Trinajstić information content (AvgIpc) is 2.55. The van der Waals surface area contributed by atoms with Crippen LogP contribution in [-0.2, 0) is 11.2 Å². The quantitative estimate of drug-likeness (QED) is 0.904. The van der Waals surface area contributed by atoms with Crippen LogP contribution in [0.25, 0.3) is 0 Å². The Kier molecular flexibility index (Phi) is 6.02. The largest absolute Gasteiger partial charge is 0.491 e. The Morgan fingerprint density at radius 2 is 1.87 bits per heavy atom. The van der Waals surface area contributed by atoms with Gasteiger partial charge in [0.05, 0.1) is 6.04 Å². The number of hydrogen-bond donors (Lipinski definition) is 2. The van der Waals surface area contributed by atoms with Gasteiger partial charge in [0.25, 0.3) is 0 Å². The van der Waals surface area contributed by atoms with Gasteiger partial charge in [-0.3, -0.25) is 4.79 Å². The summed E-state index contributed by atoms with van der Waals surface area (Å²) in [6, 6.07) is 17.3. The van der Waals surface area contributed by atoms with Gasteiger partial charge < -0.3 is 15.8 Å². The monoisotopic (exact) mass is 332 g/mol. The SMILES string of the molecule is Cl.NC(CC(=O)NC1COc2ccccc2C1)c1ccccc1. The van der Waals surface area contributed by atoms with Gasteiger partial charge in [0, 0.05) is 12.5 Å². The van der Waals surface area contributed by atoms with Gasteiger partial charge in [-0.2, -0.15) is 0 Å².